The minimum atomic E-state index is -0.946. The smallest absolute Gasteiger partial charge is 0.123 e. The molecule has 0 bridgehead atoms. The zero-order valence-corrected chi connectivity index (χ0v) is 26.1. The summed E-state index contributed by atoms with van der Waals surface area (Å²) in [6.45, 7) is 14.9. The standard InChI is InChI=1S/C27H28N6O.2Na/c1-7-14(2)27(19-10-8-12-21-24(19)30-32-28-21,20-11-9-13-22-25(20)31-33-29-22)23-17(5)15(3)16(4)18(6)26(23)34;;/h8-13,34H,2,7H2,1,3-6H3,(H,28,30,32)(H,29,31,33);;. The summed E-state index contributed by atoms with van der Waals surface area (Å²) in [5.74, 6) is 0.260. The van der Waals surface area contributed by atoms with Crippen LogP contribution in [0.15, 0.2) is 48.6 Å². The van der Waals surface area contributed by atoms with Crippen LogP contribution in [0.4, 0.5) is 0 Å². The van der Waals surface area contributed by atoms with E-state index in [0.29, 0.717) is 6.42 Å². The molecule has 0 fully saturated rings. The van der Waals surface area contributed by atoms with Gasteiger partial charge in [0.15, 0.2) is 0 Å². The molecule has 2 aromatic heterocycles. The summed E-state index contributed by atoms with van der Waals surface area (Å²) in [6, 6.07) is 11.9. The molecule has 9 heteroatoms. The molecule has 0 saturated carbocycles. The summed E-state index contributed by atoms with van der Waals surface area (Å²) in [5.41, 5.74) is 9.58. The number of aromatic hydroxyl groups is 1. The van der Waals surface area contributed by atoms with Crippen molar-refractivity contribution in [3.63, 3.8) is 0 Å². The maximum Gasteiger partial charge on any atom is 0.123 e. The SMILES string of the molecule is C=C(CC)C(c1c(C)c(C)c(C)c(C)c1O)(c1cccc2n[nH]nc12)c1cccc2n[nH]nc12.[Na].[Na]. The van der Waals surface area contributed by atoms with Gasteiger partial charge in [0, 0.05) is 75.8 Å². The third-order valence-corrected chi connectivity index (χ3v) is 7.49. The molecule has 0 aliphatic heterocycles. The van der Waals surface area contributed by atoms with Crippen LogP contribution in [0.1, 0.15) is 52.3 Å². The Morgan fingerprint density at radius 2 is 1.25 bits per heavy atom. The Morgan fingerprint density at radius 1 is 0.778 bits per heavy atom. The van der Waals surface area contributed by atoms with Crippen LogP contribution in [-0.4, -0.2) is 95.0 Å². The monoisotopic (exact) mass is 498 g/mol. The fraction of sp³-hybridized carbons (Fsp3) is 0.259. The molecule has 174 valence electrons. The van der Waals surface area contributed by atoms with Crippen LogP contribution in [0.25, 0.3) is 22.1 Å². The van der Waals surface area contributed by atoms with Gasteiger partial charge in [-0.1, -0.05) is 43.3 Å². The quantitative estimate of drug-likeness (QED) is 0.185. The Morgan fingerprint density at radius 3 is 1.72 bits per heavy atom. The molecule has 5 rings (SSSR count). The summed E-state index contributed by atoms with van der Waals surface area (Å²) < 4.78 is 0. The van der Waals surface area contributed by atoms with Crippen molar-refractivity contribution in [3.05, 3.63) is 87.5 Å². The van der Waals surface area contributed by atoms with Crippen LogP contribution in [0, 0.1) is 27.7 Å². The first kappa shape index (κ1) is 28.6. The molecule has 2 radical (unpaired) electrons. The van der Waals surface area contributed by atoms with Gasteiger partial charge >= 0.3 is 0 Å². The number of aromatic nitrogens is 6. The number of hydrogen-bond acceptors (Lipinski definition) is 5. The molecular formula is C27H28N6Na2O. The maximum atomic E-state index is 11.8. The molecule has 7 nitrogen and oxygen atoms in total. The van der Waals surface area contributed by atoms with Crippen LogP contribution in [-0.2, 0) is 5.41 Å². The molecule has 0 unspecified atom stereocenters. The fourth-order valence-corrected chi connectivity index (χ4v) is 5.33. The van der Waals surface area contributed by atoms with Crippen molar-refractivity contribution in [2.75, 3.05) is 0 Å². The van der Waals surface area contributed by atoms with Gasteiger partial charge in [-0.05, 0) is 68.5 Å². The Bertz CT molecular complexity index is 1480. The minimum Gasteiger partial charge on any atom is -0.507 e. The number of aromatic amines is 2. The van der Waals surface area contributed by atoms with Crippen LogP contribution < -0.4 is 0 Å². The second-order valence-electron chi connectivity index (χ2n) is 8.92. The van der Waals surface area contributed by atoms with Crippen molar-refractivity contribution >= 4 is 81.2 Å². The van der Waals surface area contributed by atoms with E-state index in [9.17, 15) is 5.11 Å². The van der Waals surface area contributed by atoms with E-state index in [1.54, 1.807) is 0 Å². The number of hydrogen-bond donors (Lipinski definition) is 3. The van der Waals surface area contributed by atoms with E-state index in [1.807, 2.05) is 50.2 Å². The number of phenols is 1. The summed E-state index contributed by atoms with van der Waals surface area (Å²) in [5, 5.41) is 35.1. The average Bonchev–Trinajstić information content (AvgIpc) is 3.53. The number of nitrogens with zero attached hydrogens (tertiary/aromatic N) is 4. The number of allylic oxidation sites excluding steroid dienone is 1. The van der Waals surface area contributed by atoms with Crippen molar-refractivity contribution in [1.82, 2.24) is 30.8 Å². The molecule has 5 aromatic rings. The second-order valence-corrected chi connectivity index (χ2v) is 8.92. The maximum absolute atomic E-state index is 11.8. The second kappa shape index (κ2) is 10.8. The summed E-state index contributed by atoms with van der Waals surface area (Å²) in [4.78, 5) is 0. The average molecular weight is 499 g/mol. The molecule has 0 saturated heterocycles. The molecule has 0 spiro atoms. The molecule has 0 aliphatic carbocycles. The zero-order valence-electron chi connectivity index (χ0n) is 22.1. The molecular weight excluding hydrogens is 470 g/mol. The molecule has 3 N–H and O–H groups in total. The number of phenolic OH excluding ortho intramolecular Hbond substituents is 1. The van der Waals surface area contributed by atoms with E-state index in [2.05, 4.69) is 58.2 Å². The summed E-state index contributed by atoms with van der Waals surface area (Å²) in [6.07, 6.45) is 0.674. The molecule has 36 heavy (non-hydrogen) atoms. The van der Waals surface area contributed by atoms with E-state index < -0.39 is 5.41 Å². The van der Waals surface area contributed by atoms with Gasteiger partial charge in [0.25, 0.3) is 0 Å². The largest absolute Gasteiger partial charge is 0.507 e. The fourth-order valence-electron chi connectivity index (χ4n) is 5.33. The van der Waals surface area contributed by atoms with Crippen molar-refractivity contribution < 1.29 is 5.11 Å². The summed E-state index contributed by atoms with van der Waals surface area (Å²) in [7, 11) is 0. The Balaban J connectivity index is 0.00000180. The predicted molar refractivity (Wildman–Crippen MR) is 146 cm³/mol. The van der Waals surface area contributed by atoms with Gasteiger partial charge in [0.2, 0.25) is 0 Å². The number of rotatable bonds is 5. The van der Waals surface area contributed by atoms with Crippen molar-refractivity contribution in [2.45, 2.75) is 46.5 Å². The van der Waals surface area contributed by atoms with Crippen molar-refractivity contribution in [3.8, 4) is 5.75 Å². The van der Waals surface area contributed by atoms with Gasteiger partial charge in [-0.15, -0.1) is 0 Å². The van der Waals surface area contributed by atoms with Gasteiger partial charge in [-0.3, -0.25) is 0 Å². The normalized spacial score (nSPS) is 11.4. The minimum absolute atomic E-state index is 0. The third kappa shape index (κ3) is 3.97. The molecule has 0 aliphatic rings. The number of H-pyrrole nitrogens is 2. The summed E-state index contributed by atoms with van der Waals surface area (Å²) >= 11 is 0. The van der Waals surface area contributed by atoms with Crippen LogP contribution in [0.2, 0.25) is 0 Å². The van der Waals surface area contributed by atoms with E-state index in [1.165, 1.54) is 0 Å². The first-order valence-corrected chi connectivity index (χ1v) is 11.4. The van der Waals surface area contributed by atoms with Gasteiger partial charge in [-0.25, -0.2) is 0 Å². The molecule has 0 amide bonds. The van der Waals surface area contributed by atoms with Gasteiger partial charge in [0.05, 0.1) is 5.41 Å². The molecule has 2 heterocycles. The van der Waals surface area contributed by atoms with Gasteiger partial charge in [-0.2, -0.15) is 30.8 Å². The molecule has 3 aromatic carbocycles. The molecule has 0 atom stereocenters. The van der Waals surface area contributed by atoms with Crippen LogP contribution in [0.5, 0.6) is 5.75 Å². The first-order chi connectivity index (χ1) is 16.3. The van der Waals surface area contributed by atoms with E-state index in [0.717, 1.165) is 66.6 Å². The van der Waals surface area contributed by atoms with Crippen LogP contribution >= 0.6 is 0 Å². The third-order valence-electron chi connectivity index (χ3n) is 7.49. The number of para-hydroxylation sites is 2. The number of fused-ring (bicyclic) bond motifs is 2. The van der Waals surface area contributed by atoms with E-state index in [-0.39, 0.29) is 64.9 Å². The Kier molecular flexibility index (Phi) is 8.55. The van der Waals surface area contributed by atoms with Gasteiger partial charge < -0.3 is 5.11 Å². The van der Waals surface area contributed by atoms with Crippen LogP contribution in [0.3, 0.4) is 0 Å². The zero-order chi connectivity index (χ0) is 24.2. The van der Waals surface area contributed by atoms with Gasteiger partial charge in [0.1, 0.15) is 27.8 Å². The Labute approximate surface area is 254 Å². The van der Waals surface area contributed by atoms with Crippen molar-refractivity contribution in [1.29, 1.82) is 0 Å². The number of benzene rings is 3. The van der Waals surface area contributed by atoms with Crippen molar-refractivity contribution in [2.24, 2.45) is 0 Å². The predicted octanol–water partition coefficient (Wildman–Crippen LogP) is 4.71. The topological polar surface area (TPSA) is 103 Å². The van der Waals surface area contributed by atoms with E-state index in [4.69, 9.17) is 0 Å². The first-order valence-electron chi connectivity index (χ1n) is 11.4. The van der Waals surface area contributed by atoms with E-state index >= 15 is 0 Å². The Hall–Kier alpha value is -2.00. The number of nitrogens with one attached hydrogen (secondary N) is 2.